The first-order valence-corrected chi connectivity index (χ1v) is 7.78. The molecule has 0 fully saturated rings. The second kappa shape index (κ2) is 5.64. The van der Waals surface area contributed by atoms with Crippen molar-refractivity contribution in [1.82, 2.24) is 4.31 Å². The Kier molecular flexibility index (Phi) is 5.79. The summed E-state index contributed by atoms with van der Waals surface area (Å²) in [4.78, 5) is 0. The summed E-state index contributed by atoms with van der Waals surface area (Å²) in [6.45, 7) is 9.64. The van der Waals surface area contributed by atoms with Gasteiger partial charge in [-0.1, -0.05) is 15.9 Å². The molecule has 0 heterocycles. The average molecular weight is 300 g/mol. The Bertz CT molecular complexity index is 280. The summed E-state index contributed by atoms with van der Waals surface area (Å²) in [5.41, 5.74) is 0. The van der Waals surface area contributed by atoms with Crippen molar-refractivity contribution in [2.75, 3.05) is 11.9 Å². The van der Waals surface area contributed by atoms with E-state index in [0.29, 0.717) is 6.54 Å². The third-order valence-corrected chi connectivity index (χ3v) is 5.50. The lowest BCUT2D eigenvalue weighted by Gasteiger charge is -2.32. The van der Waals surface area contributed by atoms with Gasteiger partial charge in [-0.2, -0.15) is 4.31 Å². The summed E-state index contributed by atoms with van der Waals surface area (Å²) in [5, 5.41) is 0.829. The number of sulfonamides is 1. The van der Waals surface area contributed by atoms with Crippen LogP contribution in [-0.2, 0) is 10.0 Å². The second-order valence-electron chi connectivity index (χ2n) is 4.86. The zero-order valence-electron chi connectivity index (χ0n) is 10.2. The number of halogens is 1. The number of rotatable bonds is 5. The quantitative estimate of drug-likeness (QED) is 0.732. The van der Waals surface area contributed by atoms with E-state index in [1.807, 2.05) is 13.8 Å². The van der Waals surface area contributed by atoms with E-state index in [1.165, 1.54) is 0 Å². The maximum Gasteiger partial charge on any atom is 0.219 e. The Morgan fingerprint density at radius 2 is 1.73 bits per heavy atom. The normalized spacial score (nSPS) is 13.9. The zero-order chi connectivity index (χ0) is 12.3. The first-order valence-electron chi connectivity index (χ1n) is 5.22. The highest BCUT2D eigenvalue weighted by atomic mass is 79.9. The lowest BCUT2D eigenvalue weighted by Crippen LogP contribution is -2.46. The molecule has 0 rings (SSSR count). The highest BCUT2D eigenvalue weighted by Gasteiger charge is 2.36. The van der Waals surface area contributed by atoms with E-state index < -0.39 is 14.8 Å². The van der Waals surface area contributed by atoms with Gasteiger partial charge in [0.15, 0.2) is 0 Å². The van der Waals surface area contributed by atoms with Crippen molar-refractivity contribution in [1.29, 1.82) is 0 Å². The second-order valence-corrected chi connectivity index (χ2v) is 8.30. The van der Waals surface area contributed by atoms with Crippen molar-refractivity contribution in [3.63, 3.8) is 0 Å². The molecule has 0 radical (unpaired) electrons. The van der Waals surface area contributed by atoms with Crippen molar-refractivity contribution in [3.05, 3.63) is 0 Å². The molecular weight excluding hydrogens is 278 g/mol. The highest BCUT2D eigenvalue weighted by Crippen LogP contribution is 2.22. The monoisotopic (exact) mass is 299 g/mol. The largest absolute Gasteiger partial charge is 0.219 e. The first-order chi connectivity index (χ1) is 6.64. The van der Waals surface area contributed by atoms with E-state index in [9.17, 15) is 8.42 Å². The van der Waals surface area contributed by atoms with Gasteiger partial charge < -0.3 is 0 Å². The molecule has 0 saturated carbocycles. The average Bonchev–Trinajstić information content (AvgIpc) is 2.01. The van der Waals surface area contributed by atoms with Gasteiger partial charge in [0.05, 0.1) is 4.75 Å². The minimum absolute atomic E-state index is 0.0216. The fourth-order valence-electron chi connectivity index (χ4n) is 1.22. The van der Waals surface area contributed by atoms with Crippen LogP contribution in [0.1, 0.15) is 41.0 Å². The van der Waals surface area contributed by atoms with Crippen LogP contribution in [0.5, 0.6) is 0 Å². The molecule has 0 aliphatic carbocycles. The fraction of sp³-hybridized carbons (Fsp3) is 1.00. The van der Waals surface area contributed by atoms with Crippen LogP contribution in [0.4, 0.5) is 0 Å². The predicted molar refractivity (Wildman–Crippen MR) is 68.9 cm³/mol. The maximum atomic E-state index is 12.2. The topological polar surface area (TPSA) is 37.4 Å². The van der Waals surface area contributed by atoms with Gasteiger partial charge in [-0.3, -0.25) is 0 Å². The van der Waals surface area contributed by atoms with Gasteiger partial charge in [0.25, 0.3) is 0 Å². The van der Waals surface area contributed by atoms with E-state index in [-0.39, 0.29) is 6.04 Å². The number of hydrogen-bond acceptors (Lipinski definition) is 2. The van der Waals surface area contributed by atoms with Gasteiger partial charge in [-0.05, 0) is 41.0 Å². The SMILES string of the molecule is CC(C)N(CCCBr)S(=O)(=O)C(C)(C)C. The van der Waals surface area contributed by atoms with Crippen molar-refractivity contribution >= 4 is 26.0 Å². The van der Waals surface area contributed by atoms with Crippen LogP contribution < -0.4 is 0 Å². The molecule has 0 N–H and O–H groups in total. The standard InChI is InChI=1S/C10H22BrNO2S/c1-9(2)12(8-6-7-11)15(13,14)10(3,4)5/h9H,6-8H2,1-5H3. The summed E-state index contributed by atoms with van der Waals surface area (Å²) in [7, 11) is -3.20. The molecule has 92 valence electrons. The molecule has 0 unspecified atom stereocenters. The minimum atomic E-state index is -3.20. The Labute approximate surface area is 102 Å². The Balaban J connectivity index is 4.93. The van der Waals surface area contributed by atoms with Gasteiger partial charge in [0.2, 0.25) is 10.0 Å². The molecule has 0 amide bonds. The van der Waals surface area contributed by atoms with E-state index >= 15 is 0 Å². The van der Waals surface area contributed by atoms with E-state index in [2.05, 4.69) is 15.9 Å². The van der Waals surface area contributed by atoms with Crippen molar-refractivity contribution in [2.45, 2.75) is 51.8 Å². The molecule has 0 aromatic rings. The van der Waals surface area contributed by atoms with Crippen molar-refractivity contribution in [2.24, 2.45) is 0 Å². The van der Waals surface area contributed by atoms with Crippen LogP contribution in [0.3, 0.4) is 0 Å². The van der Waals surface area contributed by atoms with Crippen LogP contribution in [0.25, 0.3) is 0 Å². The lowest BCUT2D eigenvalue weighted by atomic mass is 10.3. The molecule has 0 saturated heterocycles. The van der Waals surface area contributed by atoms with Crippen LogP contribution >= 0.6 is 15.9 Å². The van der Waals surface area contributed by atoms with Crippen molar-refractivity contribution in [3.8, 4) is 0 Å². The Morgan fingerprint density at radius 1 is 1.27 bits per heavy atom. The summed E-state index contributed by atoms with van der Waals surface area (Å²) in [5.74, 6) is 0. The van der Waals surface area contributed by atoms with Crippen LogP contribution in [0, 0.1) is 0 Å². The molecule has 15 heavy (non-hydrogen) atoms. The number of alkyl halides is 1. The summed E-state index contributed by atoms with van der Waals surface area (Å²) in [6, 6.07) is 0.0216. The fourth-order valence-corrected chi connectivity index (χ4v) is 3.10. The third-order valence-electron chi connectivity index (χ3n) is 2.17. The summed E-state index contributed by atoms with van der Waals surface area (Å²) in [6.07, 6.45) is 0.841. The zero-order valence-corrected chi connectivity index (χ0v) is 12.7. The third kappa shape index (κ3) is 4.04. The van der Waals surface area contributed by atoms with E-state index in [4.69, 9.17) is 0 Å². The smallest absolute Gasteiger partial charge is 0.212 e. The molecular formula is C10H22BrNO2S. The maximum absolute atomic E-state index is 12.2. The predicted octanol–water partition coefficient (Wildman–Crippen LogP) is 2.61. The number of hydrogen-bond donors (Lipinski definition) is 0. The first kappa shape index (κ1) is 15.4. The molecule has 3 nitrogen and oxygen atoms in total. The van der Waals surface area contributed by atoms with Crippen molar-refractivity contribution < 1.29 is 8.42 Å². The highest BCUT2D eigenvalue weighted by molar-refractivity contribution is 9.09. The van der Waals surface area contributed by atoms with Gasteiger partial charge in [0.1, 0.15) is 0 Å². The summed E-state index contributed by atoms with van der Waals surface area (Å²) < 4.78 is 25.3. The minimum Gasteiger partial charge on any atom is -0.212 e. The lowest BCUT2D eigenvalue weighted by molar-refractivity contribution is 0.343. The molecule has 0 aromatic carbocycles. The molecule has 0 spiro atoms. The van der Waals surface area contributed by atoms with Gasteiger partial charge in [-0.15, -0.1) is 0 Å². The molecule has 0 aliphatic rings. The Hall–Kier alpha value is 0.390. The molecule has 0 aliphatic heterocycles. The van der Waals surface area contributed by atoms with Crippen LogP contribution in [0.2, 0.25) is 0 Å². The summed E-state index contributed by atoms with van der Waals surface area (Å²) >= 11 is 3.32. The molecule has 5 heteroatoms. The Morgan fingerprint density at radius 3 is 2.00 bits per heavy atom. The molecule has 0 aromatic heterocycles. The van der Waals surface area contributed by atoms with Gasteiger partial charge >= 0.3 is 0 Å². The number of nitrogens with zero attached hydrogens (tertiary/aromatic N) is 1. The van der Waals surface area contributed by atoms with Gasteiger partial charge in [0, 0.05) is 17.9 Å². The molecule has 0 bridgehead atoms. The van der Waals surface area contributed by atoms with E-state index in [0.717, 1.165) is 11.8 Å². The van der Waals surface area contributed by atoms with Gasteiger partial charge in [-0.25, -0.2) is 8.42 Å². The van der Waals surface area contributed by atoms with Crippen LogP contribution in [-0.4, -0.2) is 35.4 Å². The van der Waals surface area contributed by atoms with Crippen LogP contribution in [0.15, 0.2) is 0 Å². The van der Waals surface area contributed by atoms with E-state index in [1.54, 1.807) is 25.1 Å². The molecule has 0 atom stereocenters.